The fraction of sp³-hybridized carbons (Fsp3) is 0.438. The van der Waals surface area contributed by atoms with Crippen molar-refractivity contribution in [3.8, 4) is 0 Å². The van der Waals surface area contributed by atoms with Gasteiger partial charge in [-0.3, -0.25) is 4.79 Å². The van der Waals surface area contributed by atoms with E-state index in [9.17, 15) is 15.0 Å². The third-order valence-electron chi connectivity index (χ3n) is 4.41. The molecule has 1 aromatic heterocycles. The lowest BCUT2D eigenvalue weighted by Gasteiger charge is -2.39. The predicted molar refractivity (Wildman–Crippen MR) is 80.1 cm³/mol. The highest BCUT2D eigenvalue weighted by Gasteiger charge is 2.38. The van der Waals surface area contributed by atoms with Crippen molar-refractivity contribution in [1.29, 1.82) is 0 Å². The van der Waals surface area contributed by atoms with Gasteiger partial charge in [-0.1, -0.05) is 18.2 Å². The standard InChI is InChI=1S/C16H20N2O3/c1-16(21)7-8-18(10-14(16)19)15(20)12-9-17(2)13-6-4-3-5-11(12)13/h3-6,9,14,19,21H,7-8,10H2,1-2H3/t14-,16-/m0/s1. The molecule has 3 rings (SSSR count). The van der Waals surface area contributed by atoms with Gasteiger partial charge in [-0.15, -0.1) is 0 Å². The molecular formula is C16H20N2O3. The van der Waals surface area contributed by atoms with Crippen LogP contribution in [0.2, 0.25) is 0 Å². The van der Waals surface area contributed by atoms with E-state index in [1.54, 1.807) is 11.8 Å². The monoisotopic (exact) mass is 288 g/mol. The Bertz CT molecular complexity index is 690. The number of fused-ring (bicyclic) bond motifs is 1. The van der Waals surface area contributed by atoms with Crippen molar-refractivity contribution in [3.05, 3.63) is 36.0 Å². The molecule has 1 amide bonds. The molecule has 2 atom stereocenters. The highest BCUT2D eigenvalue weighted by Crippen LogP contribution is 2.26. The molecule has 1 saturated heterocycles. The SMILES string of the molecule is Cn1cc(C(=O)N2CC[C@](C)(O)[C@@H](O)C2)c2ccccc21. The molecule has 5 heteroatoms. The molecule has 5 nitrogen and oxygen atoms in total. The molecule has 0 bridgehead atoms. The third kappa shape index (κ3) is 2.32. The summed E-state index contributed by atoms with van der Waals surface area (Å²) in [5.74, 6) is -0.0960. The van der Waals surface area contributed by atoms with Gasteiger partial charge in [-0.2, -0.15) is 0 Å². The average Bonchev–Trinajstić information content (AvgIpc) is 2.79. The number of amides is 1. The minimum atomic E-state index is -1.12. The number of para-hydroxylation sites is 1. The number of carbonyl (C=O) groups is 1. The van der Waals surface area contributed by atoms with E-state index in [4.69, 9.17) is 0 Å². The number of aryl methyl sites for hydroxylation is 1. The summed E-state index contributed by atoms with van der Waals surface area (Å²) in [4.78, 5) is 14.3. The first-order valence-electron chi connectivity index (χ1n) is 7.14. The average molecular weight is 288 g/mol. The molecule has 1 aliphatic heterocycles. The largest absolute Gasteiger partial charge is 0.388 e. The maximum atomic E-state index is 12.7. The first-order chi connectivity index (χ1) is 9.90. The van der Waals surface area contributed by atoms with E-state index in [0.29, 0.717) is 18.5 Å². The van der Waals surface area contributed by atoms with Crippen LogP contribution in [0.1, 0.15) is 23.7 Å². The minimum absolute atomic E-state index is 0.0960. The zero-order valence-corrected chi connectivity index (χ0v) is 12.3. The number of aromatic nitrogens is 1. The van der Waals surface area contributed by atoms with E-state index in [-0.39, 0.29) is 12.5 Å². The van der Waals surface area contributed by atoms with Crippen molar-refractivity contribution in [3.63, 3.8) is 0 Å². The van der Waals surface area contributed by atoms with Crippen LogP contribution in [-0.2, 0) is 7.05 Å². The van der Waals surface area contributed by atoms with E-state index in [1.807, 2.05) is 42.1 Å². The molecule has 112 valence electrons. The fourth-order valence-electron chi connectivity index (χ4n) is 2.89. The Morgan fingerprint density at radius 2 is 2.10 bits per heavy atom. The van der Waals surface area contributed by atoms with Crippen molar-refractivity contribution in [1.82, 2.24) is 9.47 Å². The van der Waals surface area contributed by atoms with Gasteiger partial charge in [-0.25, -0.2) is 0 Å². The lowest BCUT2D eigenvalue weighted by Crippen LogP contribution is -2.55. The quantitative estimate of drug-likeness (QED) is 0.827. The summed E-state index contributed by atoms with van der Waals surface area (Å²) < 4.78 is 1.93. The second kappa shape index (κ2) is 4.86. The van der Waals surface area contributed by atoms with Gasteiger partial charge >= 0.3 is 0 Å². The molecule has 0 unspecified atom stereocenters. The van der Waals surface area contributed by atoms with Gasteiger partial charge < -0.3 is 19.7 Å². The summed E-state index contributed by atoms with van der Waals surface area (Å²) >= 11 is 0. The van der Waals surface area contributed by atoms with Crippen molar-refractivity contribution in [2.75, 3.05) is 13.1 Å². The zero-order chi connectivity index (χ0) is 15.2. The van der Waals surface area contributed by atoms with Crippen molar-refractivity contribution in [2.24, 2.45) is 7.05 Å². The zero-order valence-electron chi connectivity index (χ0n) is 12.3. The van der Waals surface area contributed by atoms with E-state index in [0.717, 1.165) is 10.9 Å². The molecule has 1 aromatic carbocycles. The molecule has 0 spiro atoms. The second-order valence-corrected chi connectivity index (χ2v) is 6.04. The summed E-state index contributed by atoms with van der Waals surface area (Å²) in [6.07, 6.45) is 1.29. The van der Waals surface area contributed by atoms with Crippen LogP contribution >= 0.6 is 0 Å². The maximum absolute atomic E-state index is 12.7. The highest BCUT2D eigenvalue weighted by atomic mass is 16.3. The van der Waals surface area contributed by atoms with Gasteiger partial charge in [0.05, 0.1) is 17.3 Å². The Hall–Kier alpha value is -1.85. The van der Waals surface area contributed by atoms with Gasteiger partial charge in [-0.05, 0) is 19.4 Å². The number of aliphatic hydroxyl groups excluding tert-OH is 1. The number of hydrogen-bond donors (Lipinski definition) is 2. The van der Waals surface area contributed by atoms with Gasteiger partial charge in [0.2, 0.25) is 0 Å². The van der Waals surface area contributed by atoms with Crippen LogP contribution in [0.25, 0.3) is 10.9 Å². The van der Waals surface area contributed by atoms with Gasteiger partial charge in [0.15, 0.2) is 0 Å². The Labute approximate surface area is 123 Å². The van der Waals surface area contributed by atoms with Crippen molar-refractivity contribution >= 4 is 16.8 Å². The minimum Gasteiger partial charge on any atom is -0.388 e. The van der Waals surface area contributed by atoms with Crippen LogP contribution in [0.3, 0.4) is 0 Å². The Balaban J connectivity index is 1.92. The summed E-state index contributed by atoms with van der Waals surface area (Å²) in [5, 5.41) is 20.9. The number of β-amino-alcohol motifs (C(OH)–C–C–N with tert-alkyl or cyclic N) is 1. The smallest absolute Gasteiger partial charge is 0.256 e. The van der Waals surface area contributed by atoms with Crippen LogP contribution in [-0.4, -0.2) is 50.4 Å². The Morgan fingerprint density at radius 3 is 2.81 bits per heavy atom. The van der Waals surface area contributed by atoms with E-state index < -0.39 is 11.7 Å². The van der Waals surface area contributed by atoms with Crippen molar-refractivity contribution in [2.45, 2.75) is 25.0 Å². The molecular weight excluding hydrogens is 268 g/mol. The summed E-state index contributed by atoms with van der Waals surface area (Å²) in [7, 11) is 1.91. The van der Waals surface area contributed by atoms with Crippen LogP contribution in [0.15, 0.2) is 30.5 Å². The Morgan fingerprint density at radius 1 is 1.38 bits per heavy atom. The molecule has 0 radical (unpaired) electrons. The first-order valence-corrected chi connectivity index (χ1v) is 7.14. The summed E-state index contributed by atoms with van der Waals surface area (Å²) in [5.41, 5.74) is 0.530. The molecule has 2 aromatic rings. The number of nitrogens with zero attached hydrogens (tertiary/aromatic N) is 2. The maximum Gasteiger partial charge on any atom is 0.256 e. The van der Waals surface area contributed by atoms with Crippen LogP contribution < -0.4 is 0 Å². The molecule has 0 aliphatic carbocycles. The number of aliphatic hydroxyl groups is 2. The first kappa shape index (κ1) is 14.1. The topological polar surface area (TPSA) is 65.7 Å². The normalized spacial score (nSPS) is 26.3. The van der Waals surface area contributed by atoms with Gasteiger partial charge in [0.1, 0.15) is 0 Å². The number of carbonyl (C=O) groups excluding carboxylic acids is 1. The van der Waals surface area contributed by atoms with Crippen LogP contribution in [0.5, 0.6) is 0 Å². The van der Waals surface area contributed by atoms with E-state index >= 15 is 0 Å². The lowest BCUT2D eigenvalue weighted by molar-refractivity contribution is -0.0999. The summed E-state index contributed by atoms with van der Waals surface area (Å²) in [6, 6.07) is 7.76. The van der Waals surface area contributed by atoms with E-state index in [1.165, 1.54) is 0 Å². The molecule has 1 aliphatic rings. The second-order valence-electron chi connectivity index (χ2n) is 6.04. The lowest BCUT2D eigenvalue weighted by atomic mass is 9.90. The molecule has 2 N–H and O–H groups in total. The number of benzene rings is 1. The Kier molecular flexibility index (Phi) is 3.26. The van der Waals surface area contributed by atoms with Gasteiger partial charge in [0, 0.05) is 37.2 Å². The number of likely N-dealkylation sites (tertiary alicyclic amines) is 1. The third-order valence-corrected chi connectivity index (χ3v) is 4.41. The molecule has 2 heterocycles. The van der Waals surface area contributed by atoms with E-state index in [2.05, 4.69) is 0 Å². The number of rotatable bonds is 1. The number of hydrogen-bond acceptors (Lipinski definition) is 3. The summed E-state index contributed by atoms with van der Waals surface area (Å²) in [6.45, 7) is 2.22. The fourth-order valence-corrected chi connectivity index (χ4v) is 2.89. The molecule has 1 fully saturated rings. The van der Waals surface area contributed by atoms with Gasteiger partial charge in [0.25, 0.3) is 5.91 Å². The highest BCUT2D eigenvalue weighted by molar-refractivity contribution is 6.07. The molecule has 21 heavy (non-hydrogen) atoms. The van der Waals surface area contributed by atoms with Crippen LogP contribution in [0.4, 0.5) is 0 Å². The van der Waals surface area contributed by atoms with Crippen molar-refractivity contribution < 1.29 is 15.0 Å². The number of piperidine rings is 1. The predicted octanol–water partition coefficient (Wildman–Crippen LogP) is 1.14. The molecule has 0 saturated carbocycles. The van der Waals surface area contributed by atoms with Crippen LogP contribution in [0, 0.1) is 0 Å².